The highest BCUT2D eigenvalue weighted by Gasteiger charge is 2.44. The molecule has 4 aromatic rings. The molecule has 2 fully saturated rings. The van der Waals surface area contributed by atoms with Crippen molar-refractivity contribution in [1.29, 1.82) is 0 Å². The van der Waals surface area contributed by atoms with Gasteiger partial charge in [-0.3, -0.25) is 19.6 Å². The zero-order valence-electron chi connectivity index (χ0n) is 26.2. The van der Waals surface area contributed by atoms with Crippen LogP contribution in [0.5, 0.6) is 0 Å². The Morgan fingerprint density at radius 2 is 1.91 bits per heavy atom. The predicted molar refractivity (Wildman–Crippen MR) is 182 cm³/mol. The maximum absolute atomic E-state index is 15.1. The number of hydrogen-bond donors (Lipinski definition) is 2. The zero-order valence-corrected chi connectivity index (χ0v) is 27.1. The average Bonchev–Trinajstić information content (AvgIpc) is 3.74. The van der Waals surface area contributed by atoms with Crippen LogP contribution in [0.15, 0.2) is 60.9 Å². The van der Waals surface area contributed by atoms with E-state index in [4.69, 9.17) is 4.74 Å². The standard InChI is InChI=1S/C34H37FN8O3S/c1-47-34(33(45)38-25-4-6-29-27(20-25)32(40-39-29)43-15-17-46-18-16-43)9-14-41(22-34)21-30(44)42-12-7-23(8-13-42)26-5-3-24(19-28(26)35)31-36-10-2-11-37-31/h2-7,10-11,19-20H,8-9,12-18,21-22H2,1H3,(H,38,45)(H,39,40). The largest absolute Gasteiger partial charge is 0.378 e. The number of aromatic amines is 1. The fourth-order valence-corrected chi connectivity index (χ4v) is 7.41. The van der Waals surface area contributed by atoms with E-state index in [1.54, 1.807) is 29.4 Å². The second-order valence-corrected chi connectivity index (χ2v) is 13.3. The van der Waals surface area contributed by atoms with Crippen molar-refractivity contribution in [2.45, 2.75) is 17.6 Å². The van der Waals surface area contributed by atoms with Crippen molar-refractivity contribution in [1.82, 2.24) is 30.0 Å². The number of H-pyrrole nitrogens is 1. The number of hydrogen-bond acceptors (Lipinski definition) is 9. The monoisotopic (exact) mass is 656 g/mol. The van der Waals surface area contributed by atoms with Gasteiger partial charge < -0.3 is 19.9 Å². The number of ether oxygens (including phenoxy) is 1. The maximum atomic E-state index is 15.1. The molecule has 2 aromatic heterocycles. The van der Waals surface area contributed by atoms with E-state index in [0.29, 0.717) is 69.2 Å². The number of carbonyl (C=O) groups is 2. The molecule has 3 aliphatic heterocycles. The van der Waals surface area contributed by atoms with Gasteiger partial charge in [0.2, 0.25) is 11.8 Å². The van der Waals surface area contributed by atoms with Crippen LogP contribution in [0.3, 0.4) is 0 Å². The first kappa shape index (κ1) is 31.3. The number of anilines is 2. The van der Waals surface area contributed by atoms with Crippen molar-refractivity contribution >= 4 is 51.6 Å². The molecule has 0 spiro atoms. The van der Waals surface area contributed by atoms with Gasteiger partial charge in [-0.2, -0.15) is 5.10 Å². The summed E-state index contributed by atoms with van der Waals surface area (Å²) in [5, 5.41) is 11.7. The van der Waals surface area contributed by atoms with E-state index in [1.165, 1.54) is 17.8 Å². The highest BCUT2D eigenvalue weighted by Crippen LogP contribution is 2.36. The van der Waals surface area contributed by atoms with Gasteiger partial charge in [-0.15, -0.1) is 11.8 Å². The molecule has 0 aliphatic carbocycles. The molecule has 13 heteroatoms. The molecular formula is C34H37FN8O3S. The van der Waals surface area contributed by atoms with Crippen LogP contribution in [0, 0.1) is 5.82 Å². The fraction of sp³-hybridized carbons (Fsp3) is 0.382. The van der Waals surface area contributed by atoms with Crippen LogP contribution in [-0.4, -0.2) is 112 Å². The summed E-state index contributed by atoms with van der Waals surface area (Å²) in [5.74, 6) is 0.965. The summed E-state index contributed by atoms with van der Waals surface area (Å²) < 4.78 is 19.9. The van der Waals surface area contributed by atoms with E-state index in [-0.39, 0.29) is 24.2 Å². The molecule has 3 aliphatic rings. The minimum atomic E-state index is -0.665. The van der Waals surface area contributed by atoms with E-state index >= 15 is 4.39 Å². The molecule has 2 amide bonds. The van der Waals surface area contributed by atoms with Gasteiger partial charge in [0.1, 0.15) is 10.6 Å². The van der Waals surface area contributed by atoms with Crippen molar-refractivity contribution in [2.75, 3.05) is 75.5 Å². The summed E-state index contributed by atoms with van der Waals surface area (Å²) in [6, 6.07) is 12.6. The number of carbonyl (C=O) groups excluding carboxylic acids is 2. The third-order valence-corrected chi connectivity index (χ3v) is 10.6. The average molecular weight is 657 g/mol. The van der Waals surface area contributed by atoms with Crippen LogP contribution in [0.1, 0.15) is 18.4 Å². The Labute approximate surface area is 276 Å². The van der Waals surface area contributed by atoms with Gasteiger partial charge >= 0.3 is 0 Å². The lowest BCUT2D eigenvalue weighted by atomic mass is 9.97. The number of likely N-dealkylation sites (tertiary alicyclic amines) is 1. The summed E-state index contributed by atoms with van der Waals surface area (Å²) in [7, 11) is 0. The molecule has 2 N–H and O–H groups in total. The number of amides is 2. The van der Waals surface area contributed by atoms with Gasteiger partial charge in [0.25, 0.3) is 0 Å². The molecule has 5 heterocycles. The van der Waals surface area contributed by atoms with Gasteiger partial charge in [-0.25, -0.2) is 14.4 Å². The molecule has 1 atom stereocenters. The summed E-state index contributed by atoms with van der Waals surface area (Å²) >= 11 is 1.53. The summed E-state index contributed by atoms with van der Waals surface area (Å²) in [6.45, 7) is 5.17. The molecule has 0 radical (unpaired) electrons. The number of benzene rings is 2. The number of fused-ring (bicyclic) bond motifs is 1. The lowest BCUT2D eigenvalue weighted by molar-refractivity contribution is -0.132. The summed E-state index contributed by atoms with van der Waals surface area (Å²) in [6.07, 6.45) is 8.36. The number of nitrogens with one attached hydrogen (secondary N) is 2. The van der Waals surface area contributed by atoms with Crippen LogP contribution < -0.4 is 10.2 Å². The molecule has 1 unspecified atom stereocenters. The van der Waals surface area contributed by atoms with Crippen LogP contribution in [0.4, 0.5) is 15.9 Å². The highest BCUT2D eigenvalue weighted by atomic mass is 32.2. The second kappa shape index (κ2) is 13.4. The molecule has 47 heavy (non-hydrogen) atoms. The van der Waals surface area contributed by atoms with Crippen molar-refractivity contribution in [2.24, 2.45) is 0 Å². The van der Waals surface area contributed by atoms with Gasteiger partial charge in [-0.05, 0) is 55.0 Å². The van der Waals surface area contributed by atoms with Crippen molar-refractivity contribution < 1.29 is 18.7 Å². The topological polar surface area (TPSA) is 120 Å². The second-order valence-electron chi connectivity index (χ2n) is 12.1. The summed E-state index contributed by atoms with van der Waals surface area (Å²) in [5.41, 5.74) is 3.68. The predicted octanol–water partition coefficient (Wildman–Crippen LogP) is 4.06. The molecule has 7 rings (SSSR count). The Morgan fingerprint density at radius 3 is 2.66 bits per heavy atom. The Kier molecular flexibility index (Phi) is 8.93. The number of aromatic nitrogens is 4. The lowest BCUT2D eigenvalue weighted by Crippen LogP contribution is -2.45. The number of rotatable bonds is 8. The molecule has 0 saturated carbocycles. The van der Waals surface area contributed by atoms with Gasteiger partial charge in [0.15, 0.2) is 11.6 Å². The third-order valence-electron chi connectivity index (χ3n) is 9.29. The molecule has 0 bridgehead atoms. The number of nitrogens with zero attached hydrogens (tertiary/aromatic N) is 6. The Bertz CT molecular complexity index is 1810. The number of morpholine rings is 1. The zero-order chi connectivity index (χ0) is 32.4. The molecule has 2 aromatic carbocycles. The summed E-state index contributed by atoms with van der Waals surface area (Å²) in [4.78, 5) is 41.5. The minimum absolute atomic E-state index is 0.00992. The normalized spacial score (nSPS) is 20.4. The van der Waals surface area contributed by atoms with E-state index in [0.717, 1.165) is 41.1 Å². The Morgan fingerprint density at radius 1 is 1.09 bits per heavy atom. The lowest BCUT2D eigenvalue weighted by Gasteiger charge is -2.30. The third kappa shape index (κ3) is 6.47. The highest BCUT2D eigenvalue weighted by molar-refractivity contribution is 8.00. The van der Waals surface area contributed by atoms with Gasteiger partial charge in [0.05, 0.1) is 25.3 Å². The fourth-order valence-electron chi connectivity index (χ4n) is 6.57. The molecule has 11 nitrogen and oxygen atoms in total. The first-order valence-electron chi connectivity index (χ1n) is 15.9. The molecule has 2 saturated heterocycles. The van der Waals surface area contributed by atoms with Crippen LogP contribution in [-0.2, 0) is 14.3 Å². The number of halogens is 1. The van der Waals surface area contributed by atoms with Crippen molar-refractivity contribution in [3.8, 4) is 11.4 Å². The van der Waals surface area contributed by atoms with Crippen LogP contribution in [0.2, 0.25) is 0 Å². The first-order valence-corrected chi connectivity index (χ1v) is 17.1. The Hall–Kier alpha value is -4.33. The van der Waals surface area contributed by atoms with Gasteiger partial charge in [-0.1, -0.05) is 18.2 Å². The van der Waals surface area contributed by atoms with Crippen molar-refractivity contribution in [3.05, 3.63) is 72.3 Å². The maximum Gasteiger partial charge on any atom is 0.241 e. The van der Waals surface area contributed by atoms with Crippen molar-refractivity contribution in [3.63, 3.8) is 0 Å². The first-order chi connectivity index (χ1) is 22.9. The smallest absolute Gasteiger partial charge is 0.241 e. The van der Waals surface area contributed by atoms with E-state index < -0.39 is 4.75 Å². The van der Waals surface area contributed by atoms with Crippen LogP contribution >= 0.6 is 11.8 Å². The quantitative estimate of drug-likeness (QED) is 0.290. The van der Waals surface area contributed by atoms with E-state index in [1.807, 2.05) is 36.6 Å². The molecular weight excluding hydrogens is 619 g/mol. The Balaban J connectivity index is 0.958. The van der Waals surface area contributed by atoms with Gasteiger partial charge in [0, 0.05) is 73.9 Å². The number of thioether (sulfide) groups is 1. The van der Waals surface area contributed by atoms with Crippen LogP contribution in [0.25, 0.3) is 27.9 Å². The molecule has 244 valence electrons. The van der Waals surface area contributed by atoms with E-state index in [2.05, 4.69) is 35.3 Å². The van der Waals surface area contributed by atoms with E-state index in [9.17, 15) is 9.59 Å². The minimum Gasteiger partial charge on any atom is -0.378 e. The SMILES string of the molecule is CSC1(C(=O)Nc2ccc3[nH]nc(N4CCOCC4)c3c2)CCN(CC(=O)N2CC=C(c3ccc(-c4ncccn4)cc3F)CC2)C1.